The van der Waals surface area contributed by atoms with E-state index in [1.807, 2.05) is 6.92 Å². The average molecular weight is 359 g/mol. The van der Waals surface area contributed by atoms with Gasteiger partial charge in [0.05, 0.1) is 18.2 Å². The van der Waals surface area contributed by atoms with Gasteiger partial charge in [0, 0.05) is 0 Å². The zero-order chi connectivity index (χ0) is 19.1. The van der Waals surface area contributed by atoms with Crippen LogP contribution in [-0.4, -0.2) is 24.6 Å². The number of amides is 1. The standard InChI is InChI=1S/C20H22FNO4/c1-4-25-20(24)16-7-11-18(12-8-16)26-14(3)19(23)22-13(2)15-5-9-17(21)10-6-15/h5-14H,4H2,1-3H3,(H,22,23)/t13-,14+/m1/s1. The van der Waals surface area contributed by atoms with Crippen molar-refractivity contribution in [3.05, 3.63) is 65.5 Å². The van der Waals surface area contributed by atoms with Crippen molar-refractivity contribution in [2.75, 3.05) is 6.61 Å². The van der Waals surface area contributed by atoms with Crippen molar-refractivity contribution in [2.24, 2.45) is 0 Å². The molecule has 0 aliphatic rings. The van der Waals surface area contributed by atoms with E-state index in [-0.39, 0.29) is 17.8 Å². The van der Waals surface area contributed by atoms with Gasteiger partial charge in [-0.2, -0.15) is 0 Å². The number of nitrogens with one attached hydrogen (secondary N) is 1. The first kappa shape index (κ1) is 19.4. The number of halogens is 1. The topological polar surface area (TPSA) is 64.6 Å². The number of carbonyl (C=O) groups is 2. The second kappa shape index (κ2) is 8.99. The van der Waals surface area contributed by atoms with Gasteiger partial charge in [-0.3, -0.25) is 4.79 Å². The largest absolute Gasteiger partial charge is 0.481 e. The maximum Gasteiger partial charge on any atom is 0.338 e. The Morgan fingerprint density at radius 2 is 1.65 bits per heavy atom. The van der Waals surface area contributed by atoms with Crippen LogP contribution in [0.25, 0.3) is 0 Å². The van der Waals surface area contributed by atoms with Crippen molar-refractivity contribution in [2.45, 2.75) is 32.9 Å². The van der Waals surface area contributed by atoms with Crippen LogP contribution in [-0.2, 0) is 9.53 Å². The van der Waals surface area contributed by atoms with Crippen LogP contribution in [0.1, 0.15) is 42.7 Å². The smallest absolute Gasteiger partial charge is 0.338 e. The summed E-state index contributed by atoms with van der Waals surface area (Å²) in [5, 5.41) is 2.82. The maximum absolute atomic E-state index is 13.0. The quantitative estimate of drug-likeness (QED) is 0.767. The lowest BCUT2D eigenvalue weighted by molar-refractivity contribution is -0.127. The van der Waals surface area contributed by atoms with Crippen molar-refractivity contribution in [1.29, 1.82) is 0 Å². The van der Waals surface area contributed by atoms with Crippen molar-refractivity contribution in [3.8, 4) is 5.75 Å². The fourth-order valence-corrected chi connectivity index (χ4v) is 2.31. The van der Waals surface area contributed by atoms with Gasteiger partial charge in [0.2, 0.25) is 0 Å². The Balaban J connectivity index is 1.92. The fraction of sp³-hybridized carbons (Fsp3) is 0.300. The van der Waals surface area contributed by atoms with Crippen molar-refractivity contribution in [1.82, 2.24) is 5.32 Å². The molecule has 0 aliphatic carbocycles. The van der Waals surface area contributed by atoms with Crippen LogP contribution in [0.3, 0.4) is 0 Å². The van der Waals surface area contributed by atoms with Gasteiger partial charge in [-0.25, -0.2) is 9.18 Å². The van der Waals surface area contributed by atoms with E-state index >= 15 is 0 Å². The third kappa shape index (κ3) is 5.31. The number of esters is 1. The molecule has 0 unspecified atom stereocenters. The number of rotatable bonds is 7. The summed E-state index contributed by atoms with van der Waals surface area (Å²) >= 11 is 0. The zero-order valence-electron chi connectivity index (χ0n) is 15.0. The lowest BCUT2D eigenvalue weighted by Crippen LogP contribution is -2.37. The first-order chi connectivity index (χ1) is 12.4. The summed E-state index contributed by atoms with van der Waals surface area (Å²) in [6, 6.07) is 12.1. The normalized spacial score (nSPS) is 12.8. The number of carbonyl (C=O) groups excluding carboxylic acids is 2. The molecular formula is C20H22FNO4. The fourth-order valence-electron chi connectivity index (χ4n) is 2.31. The molecule has 1 N–H and O–H groups in total. The molecule has 26 heavy (non-hydrogen) atoms. The summed E-state index contributed by atoms with van der Waals surface area (Å²) in [5.41, 5.74) is 1.21. The van der Waals surface area contributed by atoms with E-state index in [9.17, 15) is 14.0 Å². The van der Waals surface area contributed by atoms with E-state index in [1.165, 1.54) is 12.1 Å². The van der Waals surface area contributed by atoms with E-state index < -0.39 is 12.1 Å². The highest BCUT2D eigenvalue weighted by Crippen LogP contribution is 2.16. The minimum absolute atomic E-state index is 0.277. The molecule has 5 nitrogen and oxygen atoms in total. The summed E-state index contributed by atoms with van der Waals surface area (Å²) in [6.07, 6.45) is -0.730. The van der Waals surface area contributed by atoms with Crippen LogP contribution in [0, 0.1) is 5.82 Å². The summed E-state index contributed by atoms with van der Waals surface area (Å²) in [6.45, 7) is 5.49. The van der Waals surface area contributed by atoms with Gasteiger partial charge in [-0.05, 0) is 62.7 Å². The van der Waals surface area contributed by atoms with Crippen LogP contribution in [0.4, 0.5) is 4.39 Å². The molecular weight excluding hydrogens is 337 g/mol. The lowest BCUT2D eigenvalue weighted by Gasteiger charge is -2.19. The summed E-state index contributed by atoms with van der Waals surface area (Å²) in [5.74, 6) is -0.556. The van der Waals surface area contributed by atoms with E-state index in [0.717, 1.165) is 5.56 Å². The maximum atomic E-state index is 13.0. The van der Waals surface area contributed by atoms with Gasteiger partial charge in [0.1, 0.15) is 11.6 Å². The molecule has 6 heteroatoms. The molecule has 0 saturated carbocycles. The van der Waals surface area contributed by atoms with Crippen molar-refractivity contribution < 1.29 is 23.5 Å². The molecule has 0 aliphatic heterocycles. The molecule has 0 aromatic heterocycles. The van der Waals surface area contributed by atoms with Crippen LogP contribution in [0.2, 0.25) is 0 Å². The van der Waals surface area contributed by atoms with Crippen LogP contribution in [0.15, 0.2) is 48.5 Å². The Morgan fingerprint density at radius 3 is 2.23 bits per heavy atom. The molecule has 0 heterocycles. The molecule has 0 fully saturated rings. The molecule has 0 saturated heterocycles. The third-order valence-electron chi connectivity index (χ3n) is 3.78. The first-order valence-electron chi connectivity index (χ1n) is 8.40. The van der Waals surface area contributed by atoms with Gasteiger partial charge >= 0.3 is 5.97 Å². The molecule has 0 bridgehead atoms. The SMILES string of the molecule is CCOC(=O)c1ccc(O[C@@H](C)C(=O)N[C@H](C)c2ccc(F)cc2)cc1. The summed E-state index contributed by atoms with van der Waals surface area (Å²) in [4.78, 5) is 23.9. The number of benzene rings is 2. The van der Waals surface area contributed by atoms with Gasteiger partial charge in [-0.1, -0.05) is 12.1 Å². The summed E-state index contributed by atoms with van der Waals surface area (Å²) < 4.78 is 23.5. The molecule has 2 aromatic rings. The highest BCUT2D eigenvalue weighted by Gasteiger charge is 2.18. The van der Waals surface area contributed by atoms with Crippen molar-refractivity contribution in [3.63, 3.8) is 0 Å². The van der Waals surface area contributed by atoms with Crippen LogP contribution >= 0.6 is 0 Å². The Bertz CT molecular complexity index is 743. The van der Waals surface area contributed by atoms with Gasteiger partial charge in [0.15, 0.2) is 6.10 Å². The average Bonchev–Trinajstić information content (AvgIpc) is 2.63. The second-order valence-electron chi connectivity index (χ2n) is 5.79. The minimum atomic E-state index is -0.730. The van der Waals surface area contributed by atoms with Gasteiger partial charge in [0.25, 0.3) is 5.91 Å². The van der Waals surface area contributed by atoms with Crippen molar-refractivity contribution >= 4 is 11.9 Å². The third-order valence-corrected chi connectivity index (χ3v) is 3.78. The Hall–Kier alpha value is -2.89. The predicted molar refractivity (Wildman–Crippen MR) is 95.4 cm³/mol. The Morgan fingerprint density at radius 1 is 1.04 bits per heavy atom. The Kier molecular flexibility index (Phi) is 6.72. The van der Waals surface area contributed by atoms with E-state index in [2.05, 4.69) is 5.32 Å². The Labute approximate surface area is 152 Å². The molecule has 1 amide bonds. The van der Waals surface area contributed by atoms with E-state index in [1.54, 1.807) is 50.2 Å². The molecule has 2 rings (SSSR count). The highest BCUT2D eigenvalue weighted by molar-refractivity contribution is 5.89. The number of ether oxygens (including phenoxy) is 2. The van der Waals surface area contributed by atoms with Crippen LogP contribution in [0.5, 0.6) is 5.75 Å². The predicted octanol–water partition coefficient (Wildman–Crippen LogP) is 3.65. The first-order valence-corrected chi connectivity index (χ1v) is 8.40. The van der Waals surface area contributed by atoms with E-state index in [4.69, 9.17) is 9.47 Å². The van der Waals surface area contributed by atoms with E-state index in [0.29, 0.717) is 17.9 Å². The molecule has 0 radical (unpaired) electrons. The zero-order valence-corrected chi connectivity index (χ0v) is 15.0. The molecule has 138 valence electrons. The second-order valence-corrected chi connectivity index (χ2v) is 5.79. The highest BCUT2D eigenvalue weighted by atomic mass is 19.1. The summed E-state index contributed by atoms with van der Waals surface area (Å²) in [7, 11) is 0. The monoisotopic (exact) mass is 359 g/mol. The lowest BCUT2D eigenvalue weighted by atomic mass is 10.1. The number of hydrogen-bond acceptors (Lipinski definition) is 4. The molecule has 2 aromatic carbocycles. The van der Waals surface area contributed by atoms with Crippen LogP contribution < -0.4 is 10.1 Å². The van der Waals surface area contributed by atoms with Gasteiger partial charge in [-0.15, -0.1) is 0 Å². The van der Waals surface area contributed by atoms with Gasteiger partial charge < -0.3 is 14.8 Å². The molecule has 2 atom stereocenters. The molecule has 0 spiro atoms. The minimum Gasteiger partial charge on any atom is -0.481 e. The number of hydrogen-bond donors (Lipinski definition) is 1.